The van der Waals surface area contributed by atoms with Crippen LogP contribution in [0.4, 0.5) is 0 Å². The van der Waals surface area contributed by atoms with Crippen LogP contribution in [-0.4, -0.2) is 67.0 Å². The van der Waals surface area contributed by atoms with Gasteiger partial charge in [-0.05, 0) is 61.9 Å². The van der Waals surface area contributed by atoms with Crippen molar-refractivity contribution in [3.05, 3.63) is 64.7 Å². The summed E-state index contributed by atoms with van der Waals surface area (Å²) in [6, 6.07) is 13.0. The van der Waals surface area contributed by atoms with Crippen molar-refractivity contribution in [2.24, 2.45) is 5.92 Å². The number of para-hydroxylation sites is 1. The third-order valence-corrected chi connectivity index (χ3v) is 7.87. The molecule has 218 valence electrons. The molecule has 3 rings (SSSR count). The number of halogens is 1. The Morgan fingerprint density at radius 1 is 1.05 bits per heavy atom. The standard InChI is InChI=1S/C31H43ClN4O4/c1-6-20(2)28-31(39)36(5)22(4)29(37)35-26(18-23-13-15-25(32)16-14-23)30(38)33-17-9-11-24-10-7-8-12-27(24)40-21(3)19-34-28/h7-8,10,12-16,20-22,26,28,34H,6,9,11,17-19H2,1-5H3,(H,33,38)(H,35,37)/t20-,21+,22+,26+,28-/m0/s1. The van der Waals surface area contributed by atoms with Crippen LogP contribution in [0, 0.1) is 5.92 Å². The zero-order chi connectivity index (χ0) is 29.2. The lowest BCUT2D eigenvalue weighted by Crippen LogP contribution is -2.57. The van der Waals surface area contributed by atoms with Crippen LogP contribution in [0.1, 0.15) is 51.7 Å². The molecule has 0 bridgehead atoms. The topological polar surface area (TPSA) is 99.8 Å². The average Bonchev–Trinajstić information content (AvgIpc) is 2.95. The zero-order valence-corrected chi connectivity index (χ0v) is 25.0. The number of rotatable bonds is 4. The number of aryl methyl sites for hydroxylation is 1. The lowest BCUT2D eigenvalue weighted by molar-refractivity contribution is -0.141. The van der Waals surface area contributed by atoms with Gasteiger partial charge in [-0.1, -0.05) is 62.2 Å². The summed E-state index contributed by atoms with van der Waals surface area (Å²) in [5.41, 5.74) is 1.92. The van der Waals surface area contributed by atoms with Crippen LogP contribution >= 0.6 is 11.6 Å². The number of carbonyl (C=O) groups excluding carboxylic acids is 3. The molecule has 1 heterocycles. The number of carbonyl (C=O) groups is 3. The first-order chi connectivity index (χ1) is 19.1. The molecule has 9 heteroatoms. The van der Waals surface area contributed by atoms with Crippen LogP contribution < -0.4 is 20.7 Å². The number of benzene rings is 2. The number of fused-ring (bicyclic) bond motifs is 1. The van der Waals surface area contributed by atoms with Crippen LogP contribution in [0.2, 0.25) is 5.02 Å². The van der Waals surface area contributed by atoms with Crippen molar-refractivity contribution in [3.63, 3.8) is 0 Å². The van der Waals surface area contributed by atoms with E-state index in [0.717, 1.165) is 29.7 Å². The van der Waals surface area contributed by atoms with Crippen molar-refractivity contribution < 1.29 is 19.1 Å². The molecule has 0 fully saturated rings. The van der Waals surface area contributed by atoms with Gasteiger partial charge in [0.1, 0.15) is 23.9 Å². The van der Waals surface area contributed by atoms with E-state index in [4.69, 9.17) is 16.3 Å². The van der Waals surface area contributed by atoms with E-state index in [2.05, 4.69) is 16.0 Å². The molecule has 1 aliphatic heterocycles. The minimum atomic E-state index is -0.807. The summed E-state index contributed by atoms with van der Waals surface area (Å²) in [4.78, 5) is 41.7. The molecular formula is C31H43ClN4O4. The van der Waals surface area contributed by atoms with Gasteiger partial charge in [0, 0.05) is 31.6 Å². The molecule has 3 N–H and O–H groups in total. The fourth-order valence-corrected chi connectivity index (χ4v) is 4.83. The molecule has 5 atom stereocenters. The van der Waals surface area contributed by atoms with Crippen LogP contribution in [0.25, 0.3) is 0 Å². The largest absolute Gasteiger partial charge is 0.489 e. The van der Waals surface area contributed by atoms with Crippen molar-refractivity contribution in [3.8, 4) is 5.75 Å². The Bertz CT molecular complexity index is 1140. The highest BCUT2D eigenvalue weighted by Gasteiger charge is 2.33. The highest BCUT2D eigenvalue weighted by Crippen LogP contribution is 2.21. The number of ether oxygens (including phenoxy) is 1. The van der Waals surface area contributed by atoms with E-state index in [0.29, 0.717) is 31.0 Å². The van der Waals surface area contributed by atoms with Crippen LogP contribution in [0.3, 0.4) is 0 Å². The normalized spacial score (nSPS) is 24.6. The summed E-state index contributed by atoms with van der Waals surface area (Å²) in [6.07, 6.45) is 2.34. The maximum atomic E-state index is 13.6. The number of nitrogens with zero attached hydrogens (tertiary/aromatic N) is 1. The first-order valence-electron chi connectivity index (χ1n) is 14.2. The Balaban J connectivity index is 1.88. The average molecular weight is 571 g/mol. The van der Waals surface area contributed by atoms with E-state index >= 15 is 0 Å². The van der Waals surface area contributed by atoms with Gasteiger partial charge in [-0.25, -0.2) is 0 Å². The second-order valence-electron chi connectivity index (χ2n) is 10.7. The summed E-state index contributed by atoms with van der Waals surface area (Å²) >= 11 is 6.04. The molecule has 0 unspecified atom stereocenters. The third kappa shape index (κ3) is 8.70. The molecule has 0 saturated heterocycles. The number of hydrogen-bond donors (Lipinski definition) is 3. The molecule has 8 nitrogen and oxygen atoms in total. The molecule has 2 aromatic rings. The second kappa shape index (κ2) is 15.1. The van der Waals surface area contributed by atoms with Crippen molar-refractivity contribution in [2.75, 3.05) is 20.1 Å². The van der Waals surface area contributed by atoms with Gasteiger partial charge in [-0.2, -0.15) is 0 Å². The monoisotopic (exact) mass is 570 g/mol. The van der Waals surface area contributed by atoms with Crippen molar-refractivity contribution in [2.45, 2.75) is 77.6 Å². The van der Waals surface area contributed by atoms with Gasteiger partial charge in [0.05, 0.1) is 6.04 Å². The number of amides is 3. The predicted molar refractivity (Wildman–Crippen MR) is 158 cm³/mol. The van der Waals surface area contributed by atoms with E-state index < -0.39 is 18.1 Å². The van der Waals surface area contributed by atoms with Gasteiger partial charge in [0.2, 0.25) is 17.7 Å². The lowest BCUT2D eigenvalue weighted by atomic mass is 9.97. The van der Waals surface area contributed by atoms with E-state index in [-0.39, 0.29) is 29.7 Å². The van der Waals surface area contributed by atoms with Gasteiger partial charge in [-0.3, -0.25) is 14.4 Å². The Kier molecular flexibility index (Phi) is 11.8. The zero-order valence-electron chi connectivity index (χ0n) is 24.2. The van der Waals surface area contributed by atoms with E-state index in [9.17, 15) is 14.4 Å². The fraction of sp³-hybridized carbons (Fsp3) is 0.516. The molecular weight excluding hydrogens is 528 g/mol. The summed E-state index contributed by atoms with van der Waals surface area (Å²) in [5.74, 6) is -0.0000614. The quantitative estimate of drug-likeness (QED) is 0.520. The Morgan fingerprint density at radius 3 is 2.45 bits per heavy atom. The maximum Gasteiger partial charge on any atom is 0.243 e. The second-order valence-corrected chi connectivity index (χ2v) is 11.2. The van der Waals surface area contributed by atoms with Crippen LogP contribution in [0.5, 0.6) is 5.75 Å². The van der Waals surface area contributed by atoms with Crippen LogP contribution in [-0.2, 0) is 27.2 Å². The molecule has 0 spiro atoms. The third-order valence-electron chi connectivity index (χ3n) is 7.62. The Labute approximate surface area is 243 Å². The Morgan fingerprint density at radius 2 is 1.75 bits per heavy atom. The van der Waals surface area contributed by atoms with Crippen molar-refractivity contribution >= 4 is 29.3 Å². The molecule has 1 aliphatic rings. The van der Waals surface area contributed by atoms with Gasteiger partial charge in [0.15, 0.2) is 0 Å². The highest BCUT2D eigenvalue weighted by atomic mass is 35.5. The van der Waals surface area contributed by atoms with Crippen molar-refractivity contribution in [1.82, 2.24) is 20.9 Å². The molecule has 0 saturated carbocycles. The minimum Gasteiger partial charge on any atom is -0.489 e. The first kappa shape index (κ1) is 31.4. The highest BCUT2D eigenvalue weighted by molar-refractivity contribution is 6.30. The maximum absolute atomic E-state index is 13.6. The minimum absolute atomic E-state index is 0.0405. The summed E-state index contributed by atoms with van der Waals surface area (Å²) < 4.78 is 6.27. The Hall–Kier alpha value is -3.10. The molecule has 3 amide bonds. The predicted octanol–water partition coefficient (Wildman–Crippen LogP) is 3.75. The molecule has 0 aliphatic carbocycles. The smallest absolute Gasteiger partial charge is 0.243 e. The van der Waals surface area contributed by atoms with E-state index in [1.54, 1.807) is 26.1 Å². The number of hydrogen-bond acceptors (Lipinski definition) is 5. The van der Waals surface area contributed by atoms with Gasteiger partial charge in [-0.15, -0.1) is 0 Å². The van der Waals surface area contributed by atoms with E-state index in [1.165, 1.54) is 4.90 Å². The van der Waals surface area contributed by atoms with Gasteiger partial charge >= 0.3 is 0 Å². The summed E-state index contributed by atoms with van der Waals surface area (Å²) in [7, 11) is 1.63. The fourth-order valence-electron chi connectivity index (χ4n) is 4.70. The number of nitrogens with one attached hydrogen (secondary N) is 3. The molecule has 0 radical (unpaired) electrons. The SMILES string of the molecule is CC[C@H](C)[C@@H]1NC[C@@H](C)Oc2ccccc2CCCNC(=O)[C@@H](Cc2ccc(Cl)cc2)NC(=O)[C@@H](C)N(C)C1=O. The van der Waals surface area contributed by atoms with Gasteiger partial charge < -0.3 is 25.6 Å². The molecule has 40 heavy (non-hydrogen) atoms. The number of likely N-dealkylation sites (N-methyl/N-ethyl adjacent to an activating group) is 1. The first-order valence-corrected chi connectivity index (χ1v) is 14.6. The molecule has 2 aromatic carbocycles. The van der Waals surface area contributed by atoms with E-state index in [1.807, 2.05) is 57.2 Å². The van der Waals surface area contributed by atoms with Gasteiger partial charge in [0.25, 0.3) is 0 Å². The van der Waals surface area contributed by atoms with Crippen molar-refractivity contribution in [1.29, 1.82) is 0 Å². The molecule has 0 aromatic heterocycles. The summed E-state index contributed by atoms with van der Waals surface area (Å²) in [6.45, 7) is 8.63. The lowest BCUT2D eigenvalue weighted by Gasteiger charge is -2.33. The summed E-state index contributed by atoms with van der Waals surface area (Å²) in [5, 5.41) is 9.88. The van der Waals surface area contributed by atoms with Crippen LogP contribution in [0.15, 0.2) is 48.5 Å².